The summed E-state index contributed by atoms with van der Waals surface area (Å²) in [4.78, 5) is 18.5. The lowest BCUT2D eigenvalue weighted by atomic mass is 10.1. The molecule has 0 spiro atoms. The van der Waals surface area contributed by atoms with Gasteiger partial charge in [0.25, 0.3) is 5.91 Å². The number of hydrogen-bond acceptors (Lipinski definition) is 5. The first kappa shape index (κ1) is 21.1. The van der Waals surface area contributed by atoms with E-state index in [9.17, 15) is 4.79 Å². The van der Waals surface area contributed by atoms with E-state index < -0.39 is 6.10 Å². The van der Waals surface area contributed by atoms with Gasteiger partial charge in [0.2, 0.25) is 11.7 Å². The third-order valence-corrected chi connectivity index (χ3v) is 5.24. The number of carbonyl (C=O) groups excluding carboxylic acids is 1. The normalized spacial score (nSPS) is 11.9. The summed E-state index contributed by atoms with van der Waals surface area (Å²) >= 11 is 12.1. The van der Waals surface area contributed by atoms with Crippen molar-refractivity contribution in [3.63, 3.8) is 0 Å². The molecule has 1 atom stereocenters. The van der Waals surface area contributed by atoms with Crippen molar-refractivity contribution in [3.05, 3.63) is 63.5 Å². The highest BCUT2D eigenvalue weighted by atomic mass is 35.5. The maximum absolute atomic E-state index is 12.7. The van der Waals surface area contributed by atoms with Crippen LogP contribution in [0.4, 0.5) is 0 Å². The summed E-state index contributed by atoms with van der Waals surface area (Å²) in [6, 6.07) is 10.7. The van der Waals surface area contributed by atoms with Crippen molar-refractivity contribution in [1.29, 1.82) is 0 Å². The van der Waals surface area contributed by atoms with Gasteiger partial charge in [-0.05, 0) is 68.3 Å². The molecule has 0 aliphatic rings. The molecule has 0 saturated carbocycles. The molecule has 2 aromatic carbocycles. The fraction of sp³-hybridized carbons (Fsp3) is 0.286. The molecule has 0 unspecified atom stereocenters. The molecule has 3 aromatic rings. The summed E-state index contributed by atoms with van der Waals surface area (Å²) in [5, 5.41) is 5.28. The second-order valence-corrected chi connectivity index (χ2v) is 7.66. The number of aryl methyl sites for hydroxylation is 2. The van der Waals surface area contributed by atoms with Crippen LogP contribution < -0.4 is 4.74 Å². The Kier molecular flexibility index (Phi) is 6.45. The van der Waals surface area contributed by atoms with Gasteiger partial charge in [-0.2, -0.15) is 4.98 Å². The largest absolute Gasteiger partial charge is 0.481 e. The van der Waals surface area contributed by atoms with Gasteiger partial charge in [0.05, 0.1) is 6.54 Å². The Hall–Kier alpha value is -2.57. The lowest BCUT2D eigenvalue weighted by molar-refractivity contribution is -0.137. The molecule has 1 aromatic heterocycles. The van der Waals surface area contributed by atoms with Crippen LogP contribution >= 0.6 is 23.2 Å². The Bertz CT molecular complexity index is 995. The number of nitrogens with zero attached hydrogens (tertiary/aromatic N) is 3. The van der Waals surface area contributed by atoms with Crippen LogP contribution in [0, 0.1) is 13.8 Å². The van der Waals surface area contributed by atoms with Crippen molar-refractivity contribution in [2.24, 2.45) is 0 Å². The number of halogens is 2. The van der Waals surface area contributed by atoms with E-state index in [1.807, 2.05) is 26.0 Å². The van der Waals surface area contributed by atoms with E-state index in [1.165, 1.54) is 4.90 Å². The molecule has 0 aliphatic carbocycles. The zero-order chi connectivity index (χ0) is 21.1. The minimum atomic E-state index is -0.682. The van der Waals surface area contributed by atoms with E-state index >= 15 is 0 Å². The van der Waals surface area contributed by atoms with E-state index in [4.69, 9.17) is 32.5 Å². The fourth-order valence-electron chi connectivity index (χ4n) is 2.86. The Balaban J connectivity index is 1.63. The van der Waals surface area contributed by atoms with Gasteiger partial charge >= 0.3 is 0 Å². The Morgan fingerprint density at radius 3 is 2.41 bits per heavy atom. The smallest absolute Gasteiger partial charge is 0.263 e. The number of benzene rings is 2. The number of hydrogen-bond donors (Lipinski definition) is 0. The summed E-state index contributed by atoms with van der Waals surface area (Å²) in [7, 11) is 1.66. The minimum Gasteiger partial charge on any atom is -0.481 e. The van der Waals surface area contributed by atoms with Crippen molar-refractivity contribution in [3.8, 4) is 17.1 Å². The lowest BCUT2D eigenvalue weighted by Crippen LogP contribution is -2.37. The Morgan fingerprint density at radius 1 is 1.17 bits per heavy atom. The highest BCUT2D eigenvalue weighted by molar-refractivity contribution is 6.32. The van der Waals surface area contributed by atoms with Crippen LogP contribution in [0.1, 0.15) is 23.9 Å². The Morgan fingerprint density at radius 2 is 1.79 bits per heavy atom. The van der Waals surface area contributed by atoms with Crippen LogP contribution in [0.15, 0.2) is 40.9 Å². The molecule has 0 bridgehead atoms. The third kappa shape index (κ3) is 5.08. The molecule has 1 heterocycles. The first-order chi connectivity index (χ1) is 13.7. The van der Waals surface area contributed by atoms with Gasteiger partial charge in [-0.3, -0.25) is 4.79 Å². The van der Waals surface area contributed by atoms with Gasteiger partial charge in [0.15, 0.2) is 6.10 Å². The summed E-state index contributed by atoms with van der Waals surface area (Å²) in [6.07, 6.45) is -0.682. The zero-order valence-corrected chi connectivity index (χ0v) is 18.1. The SMILES string of the molecule is Cc1cc(O[C@H](C)C(=O)N(C)Cc2nc(-c3ccc(Cl)cc3)no2)cc(C)c1Cl. The average Bonchev–Trinajstić information content (AvgIpc) is 3.14. The first-order valence-electron chi connectivity index (χ1n) is 9.01. The lowest BCUT2D eigenvalue weighted by Gasteiger charge is -2.21. The van der Waals surface area contributed by atoms with E-state index in [1.54, 1.807) is 38.2 Å². The van der Waals surface area contributed by atoms with Crippen LogP contribution in [0.2, 0.25) is 10.0 Å². The highest BCUT2D eigenvalue weighted by Gasteiger charge is 2.22. The van der Waals surface area contributed by atoms with Crippen LogP contribution in [-0.2, 0) is 11.3 Å². The number of aromatic nitrogens is 2. The highest BCUT2D eigenvalue weighted by Crippen LogP contribution is 2.26. The molecule has 1 amide bonds. The molecule has 8 heteroatoms. The van der Waals surface area contributed by atoms with Crippen LogP contribution in [0.5, 0.6) is 5.75 Å². The number of ether oxygens (including phenoxy) is 1. The van der Waals surface area contributed by atoms with Gasteiger partial charge in [-0.25, -0.2) is 0 Å². The number of amides is 1. The van der Waals surface area contributed by atoms with Gasteiger partial charge in [-0.15, -0.1) is 0 Å². The predicted molar refractivity (Wildman–Crippen MR) is 112 cm³/mol. The zero-order valence-electron chi connectivity index (χ0n) is 16.6. The number of rotatable bonds is 6. The average molecular weight is 434 g/mol. The van der Waals surface area contributed by atoms with Gasteiger partial charge in [0, 0.05) is 22.7 Å². The van der Waals surface area contributed by atoms with Crippen LogP contribution in [-0.4, -0.2) is 34.1 Å². The standard InChI is InChI=1S/C21H21Cl2N3O3/c1-12-9-17(10-13(2)19(12)23)28-14(3)21(27)26(4)11-18-24-20(25-29-18)15-5-7-16(22)8-6-15/h5-10,14H,11H2,1-4H3/t14-/m1/s1. The molecule has 0 fully saturated rings. The van der Waals surface area contributed by atoms with Crippen molar-refractivity contribution in [2.45, 2.75) is 33.4 Å². The van der Waals surface area contributed by atoms with Gasteiger partial charge < -0.3 is 14.2 Å². The van der Waals surface area contributed by atoms with E-state index in [-0.39, 0.29) is 12.5 Å². The molecule has 0 radical (unpaired) electrons. The van der Waals surface area contributed by atoms with Gasteiger partial charge in [0.1, 0.15) is 5.75 Å². The predicted octanol–water partition coefficient (Wildman–Crippen LogP) is 5.09. The van der Waals surface area contributed by atoms with E-state index in [0.717, 1.165) is 16.7 Å². The van der Waals surface area contributed by atoms with Crippen molar-refractivity contribution in [2.75, 3.05) is 7.05 Å². The second kappa shape index (κ2) is 8.84. The third-order valence-electron chi connectivity index (χ3n) is 4.39. The quantitative estimate of drug-likeness (QED) is 0.541. The molecule has 152 valence electrons. The van der Waals surface area contributed by atoms with Crippen molar-refractivity contribution in [1.82, 2.24) is 15.0 Å². The van der Waals surface area contributed by atoms with Gasteiger partial charge in [-0.1, -0.05) is 28.4 Å². The number of likely N-dealkylation sites (N-methyl/N-ethyl adjacent to an activating group) is 1. The molecule has 0 N–H and O–H groups in total. The van der Waals surface area contributed by atoms with E-state index in [2.05, 4.69) is 10.1 Å². The molecule has 0 aliphatic heterocycles. The van der Waals surface area contributed by atoms with Crippen LogP contribution in [0.3, 0.4) is 0 Å². The Labute approximate surface area is 179 Å². The minimum absolute atomic E-state index is 0.172. The van der Waals surface area contributed by atoms with E-state index in [0.29, 0.717) is 27.5 Å². The first-order valence-corrected chi connectivity index (χ1v) is 9.77. The van der Waals surface area contributed by atoms with Crippen LogP contribution in [0.25, 0.3) is 11.4 Å². The fourth-order valence-corrected chi connectivity index (χ4v) is 3.09. The summed E-state index contributed by atoms with van der Waals surface area (Å²) in [5.74, 6) is 1.16. The molecule has 6 nitrogen and oxygen atoms in total. The second-order valence-electron chi connectivity index (χ2n) is 6.84. The maximum Gasteiger partial charge on any atom is 0.263 e. The topological polar surface area (TPSA) is 68.5 Å². The number of carbonyl (C=O) groups is 1. The monoisotopic (exact) mass is 433 g/mol. The van der Waals surface area contributed by atoms with Crippen molar-refractivity contribution < 1.29 is 14.1 Å². The van der Waals surface area contributed by atoms with Crippen molar-refractivity contribution >= 4 is 29.1 Å². The molecular weight excluding hydrogens is 413 g/mol. The molecule has 3 rings (SSSR count). The summed E-state index contributed by atoms with van der Waals surface area (Å²) in [5.41, 5.74) is 2.58. The summed E-state index contributed by atoms with van der Waals surface area (Å²) < 4.78 is 11.1. The molecule has 0 saturated heterocycles. The molecule has 29 heavy (non-hydrogen) atoms. The molecular formula is C21H21Cl2N3O3. The maximum atomic E-state index is 12.7. The summed E-state index contributed by atoms with van der Waals surface area (Å²) in [6.45, 7) is 5.67.